The van der Waals surface area contributed by atoms with Crippen molar-refractivity contribution in [2.75, 3.05) is 11.1 Å². The van der Waals surface area contributed by atoms with E-state index in [0.29, 0.717) is 23.6 Å². The molecule has 0 radical (unpaired) electrons. The molecule has 0 bridgehead atoms. The first-order chi connectivity index (χ1) is 13.7. The number of hydrogen-bond donors (Lipinski definition) is 2. The zero-order valence-corrected chi connectivity index (χ0v) is 14.8. The number of fused-ring (bicyclic) bond motifs is 1. The monoisotopic (exact) mass is 372 g/mol. The molecule has 0 saturated carbocycles. The van der Waals surface area contributed by atoms with Crippen LogP contribution >= 0.6 is 0 Å². The third kappa shape index (κ3) is 3.26. The Morgan fingerprint density at radius 2 is 2.04 bits per heavy atom. The fraction of sp³-hybridized carbons (Fsp3) is 0.105. The van der Waals surface area contributed by atoms with Crippen molar-refractivity contribution in [2.24, 2.45) is 0 Å². The van der Waals surface area contributed by atoms with E-state index in [0.717, 1.165) is 5.56 Å². The van der Waals surface area contributed by atoms with E-state index in [1.165, 1.54) is 10.7 Å². The summed E-state index contributed by atoms with van der Waals surface area (Å²) in [5.74, 6) is 0.171. The molecule has 4 rings (SSSR count). The van der Waals surface area contributed by atoms with Crippen LogP contribution in [-0.2, 0) is 13.0 Å². The number of benzene rings is 1. The van der Waals surface area contributed by atoms with Gasteiger partial charge in [0.1, 0.15) is 11.4 Å². The van der Waals surface area contributed by atoms with Gasteiger partial charge in [-0.3, -0.25) is 4.79 Å². The average Bonchev–Trinajstić information content (AvgIpc) is 3.25. The molecule has 0 spiro atoms. The van der Waals surface area contributed by atoms with Crippen LogP contribution in [0, 0.1) is 11.3 Å². The predicted molar refractivity (Wildman–Crippen MR) is 102 cm³/mol. The molecule has 1 amide bonds. The highest BCUT2D eigenvalue weighted by molar-refractivity contribution is 6.11. The summed E-state index contributed by atoms with van der Waals surface area (Å²) in [6, 6.07) is 11.9. The summed E-state index contributed by atoms with van der Waals surface area (Å²) in [5, 5.41) is 15.8. The van der Waals surface area contributed by atoms with Crippen LogP contribution in [0.2, 0.25) is 0 Å². The number of hydrogen-bond acceptors (Lipinski definition) is 6. The molecule has 28 heavy (non-hydrogen) atoms. The van der Waals surface area contributed by atoms with Crippen molar-refractivity contribution < 1.29 is 4.79 Å². The smallest absolute Gasteiger partial charge is 0.264 e. The van der Waals surface area contributed by atoms with E-state index in [1.54, 1.807) is 18.7 Å². The van der Waals surface area contributed by atoms with Gasteiger partial charge in [0.15, 0.2) is 11.5 Å². The highest BCUT2D eigenvalue weighted by atomic mass is 16.1. The molecule has 0 fully saturated rings. The molecule has 0 unspecified atom stereocenters. The molecule has 3 heterocycles. The molecular formula is C19H16N8O. The fourth-order valence-electron chi connectivity index (χ4n) is 2.90. The summed E-state index contributed by atoms with van der Waals surface area (Å²) >= 11 is 0. The van der Waals surface area contributed by atoms with Crippen molar-refractivity contribution in [3.05, 3.63) is 71.9 Å². The molecule has 3 aromatic heterocycles. The number of rotatable bonds is 5. The van der Waals surface area contributed by atoms with Gasteiger partial charge >= 0.3 is 0 Å². The number of aromatic nitrogens is 5. The minimum absolute atomic E-state index is 0.0632. The molecule has 0 saturated heterocycles. The topological polar surface area (TPSA) is 127 Å². The van der Waals surface area contributed by atoms with E-state index in [4.69, 9.17) is 11.0 Å². The van der Waals surface area contributed by atoms with Crippen molar-refractivity contribution in [1.82, 2.24) is 24.1 Å². The van der Waals surface area contributed by atoms with Crippen LogP contribution in [0.3, 0.4) is 0 Å². The van der Waals surface area contributed by atoms with Gasteiger partial charge in [-0.25, -0.2) is 14.5 Å². The Kier molecular flexibility index (Phi) is 4.43. The van der Waals surface area contributed by atoms with Crippen molar-refractivity contribution in [3.8, 4) is 6.07 Å². The zero-order valence-electron chi connectivity index (χ0n) is 14.8. The van der Waals surface area contributed by atoms with Crippen molar-refractivity contribution in [2.45, 2.75) is 13.0 Å². The molecule has 0 atom stereocenters. The SMILES string of the molecule is N#CCc1cnc2c(C(=O)Nc3cncn3Cc3ccccc3)c(N)nn2c1. The lowest BCUT2D eigenvalue weighted by atomic mass is 10.2. The summed E-state index contributed by atoms with van der Waals surface area (Å²) < 4.78 is 3.24. The molecule has 9 nitrogen and oxygen atoms in total. The van der Waals surface area contributed by atoms with Gasteiger partial charge in [0.25, 0.3) is 5.91 Å². The minimum Gasteiger partial charge on any atom is -0.381 e. The number of amides is 1. The summed E-state index contributed by atoms with van der Waals surface area (Å²) in [6.07, 6.45) is 6.59. The lowest BCUT2D eigenvalue weighted by Gasteiger charge is -2.09. The van der Waals surface area contributed by atoms with Gasteiger partial charge in [-0.15, -0.1) is 5.10 Å². The zero-order chi connectivity index (χ0) is 19.5. The minimum atomic E-state index is -0.428. The molecule has 9 heteroatoms. The molecule has 0 aliphatic carbocycles. The van der Waals surface area contributed by atoms with Crippen molar-refractivity contribution in [3.63, 3.8) is 0 Å². The van der Waals surface area contributed by atoms with Crippen LogP contribution in [0.4, 0.5) is 11.6 Å². The average molecular weight is 372 g/mol. The second kappa shape index (κ2) is 7.20. The van der Waals surface area contributed by atoms with Crippen LogP contribution in [0.1, 0.15) is 21.5 Å². The number of nitrogens with one attached hydrogen (secondary N) is 1. The normalized spacial score (nSPS) is 10.7. The molecule has 4 aromatic rings. The number of imidazole rings is 1. The first-order valence-electron chi connectivity index (χ1n) is 8.51. The fourth-order valence-corrected chi connectivity index (χ4v) is 2.90. The molecule has 138 valence electrons. The largest absolute Gasteiger partial charge is 0.381 e. The summed E-state index contributed by atoms with van der Waals surface area (Å²) in [5.41, 5.74) is 8.22. The van der Waals surface area contributed by atoms with Gasteiger partial charge in [0.2, 0.25) is 0 Å². The Morgan fingerprint density at radius 3 is 2.82 bits per heavy atom. The van der Waals surface area contributed by atoms with Gasteiger partial charge in [-0.2, -0.15) is 5.26 Å². The number of carbonyl (C=O) groups is 1. The number of nitrogen functional groups attached to an aromatic ring is 1. The second-order valence-electron chi connectivity index (χ2n) is 6.17. The Bertz CT molecular complexity index is 1190. The molecule has 1 aromatic carbocycles. The molecular weight excluding hydrogens is 356 g/mol. The molecule has 0 aliphatic heterocycles. The predicted octanol–water partition coefficient (Wildman–Crippen LogP) is 1.87. The van der Waals surface area contributed by atoms with Gasteiger partial charge in [0, 0.05) is 18.0 Å². The number of nitriles is 1. The summed E-state index contributed by atoms with van der Waals surface area (Å²) in [4.78, 5) is 21.2. The van der Waals surface area contributed by atoms with Crippen LogP contribution in [0.5, 0.6) is 0 Å². The Morgan fingerprint density at radius 1 is 1.21 bits per heavy atom. The van der Waals surface area contributed by atoms with E-state index in [9.17, 15) is 4.79 Å². The van der Waals surface area contributed by atoms with Gasteiger partial charge in [-0.1, -0.05) is 30.3 Å². The maximum Gasteiger partial charge on any atom is 0.264 e. The Hall–Kier alpha value is -4.19. The Labute approximate surface area is 160 Å². The third-order valence-corrected chi connectivity index (χ3v) is 4.21. The number of nitrogens with zero attached hydrogens (tertiary/aromatic N) is 6. The van der Waals surface area contributed by atoms with Crippen molar-refractivity contribution >= 4 is 23.2 Å². The van der Waals surface area contributed by atoms with Gasteiger partial charge in [-0.05, 0) is 5.56 Å². The second-order valence-corrected chi connectivity index (χ2v) is 6.17. The van der Waals surface area contributed by atoms with Crippen LogP contribution in [0.25, 0.3) is 5.65 Å². The molecule has 0 aliphatic rings. The van der Waals surface area contributed by atoms with Crippen LogP contribution in [0.15, 0.2) is 55.2 Å². The van der Waals surface area contributed by atoms with E-state index in [2.05, 4.69) is 20.4 Å². The van der Waals surface area contributed by atoms with E-state index < -0.39 is 5.91 Å². The van der Waals surface area contributed by atoms with Crippen molar-refractivity contribution in [1.29, 1.82) is 5.26 Å². The highest BCUT2D eigenvalue weighted by Gasteiger charge is 2.20. The number of carbonyl (C=O) groups excluding carboxylic acids is 1. The van der Waals surface area contributed by atoms with E-state index in [1.807, 2.05) is 41.0 Å². The van der Waals surface area contributed by atoms with Crippen LogP contribution in [-0.4, -0.2) is 30.1 Å². The standard InChI is InChI=1S/C19H16N8O/c20-7-6-14-8-23-18-16(17(21)25-27(18)11-14)19(28)24-15-9-22-12-26(15)10-13-4-2-1-3-5-13/h1-5,8-9,11-12H,6,10H2,(H2,21,25)(H,24,28). The lowest BCUT2D eigenvalue weighted by Crippen LogP contribution is -2.16. The molecule has 3 N–H and O–H groups in total. The quantitative estimate of drug-likeness (QED) is 0.551. The number of anilines is 2. The first-order valence-corrected chi connectivity index (χ1v) is 8.51. The van der Waals surface area contributed by atoms with E-state index >= 15 is 0 Å². The van der Waals surface area contributed by atoms with Gasteiger partial charge in [0.05, 0.1) is 31.6 Å². The maximum atomic E-state index is 12.8. The van der Waals surface area contributed by atoms with E-state index in [-0.39, 0.29) is 17.8 Å². The summed E-state index contributed by atoms with van der Waals surface area (Å²) in [6.45, 7) is 0.566. The lowest BCUT2D eigenvalue weighted by molar-refractivity contribution is 0.102. The first kappa shape index (κ1) is 17.2. The highest BCUT2D eigenvalue weighted by Crippen LogP contribution is 2.19. The van der Waals surface area contributed by atoms with Crippen LogP contribution < -0.4 is 11.1 Å². The van der Waals surface area contributed by atoms with Gasteiger partial charge < -0.3 is 15.6 Å². The third-order valence-electron chi connectivity index (χ3n) is 4.21. The maximum absolute atomic E-state index is 12.8. The Balaban J connectivity index is 1.61. The summed E-state index contributed by atoms with van der Waals surface area (Å²) in [7, 11) is 0. The number of nitrogens with two attached hydrogens (primary N) is 1.